The van der Waals surface area contributed by atoms with Crippen LogP contribution in [-0.4, -0.2) is 40.1 Å². The molecular formula is C12H14N4O4. The first kappa shape index (κ1) is 13.8. The lowest BCUT2D eigenvalue weighted by Gasteiger charge is -2.16. The Labute approximate surface area is 114 Å². The van der Waals surface area contributed by atoms with Crippen LogP contribution in [0.3, 0.4) is 0 Å². The van der Waals surface area contributed by atoms with E-state index >= 15 is 0 Å². The van der Waals surface area contributed by atoms with E-state index in [0.29, 0.717) is 18.7 Å². The van der Waals surface area contributed by atoms with Crippen LogP contribution in [0.15, 0.2) is 21.4 Å². The molecule has 0 saturated carbocycles. The second kappa shape index (κ2) is 5.55. The Morgan fingerprint density at radius 2 is 2.00 bits per heavy atom. The third-order valence-corrected chi connectivity index (χ3v) is 2.85. The van der Waals surface area contributed by atoms with Crippen LogP contribution in [0, 0.1) is 0 Å². The van der Waals surface area contributed by atoms with Crippen molar-refractivity contribution >= 4 is 11.8 Å². The molecule has 2 aromatic heterocycles. The molecular weight excluding hydrogens is 264 g/mol. The minimum Gasteiger partial charge on any atom is -0.364 e. The van der Waals surface area contributed by atoms with Crippen LogP contribution in [-0.2, 0) is 0 Å². The second-order valence-electron chi connectivity index (χ2n) is 3.99. The molecule has 0 bridgehead atoms. The number of nitrogens with two attached hydrogens (primary N) is 1. The number of hydrogen-bond donors (Lipinski definition) is 1. The fraction of sp³-hybridized carbons (Fsp3) is 0.333. The molecule has 8 heteroatoms. The molecule has 0 aliphatic carbocycles. The van der Waals surface area contributed by atoms with Crippen LogP contribution in [0.25, 0.3) is 11.3 Å². The number of hydrogen-bond acceptors (Lipinski definition) is 6. The summed E-state index contributed by atoms with van der Waals surface area (Å²) in [5.41, 5.74) is 5.52. The topological polar surface area (TPSA) is 115 Å². The van der Waals surface area contributed by atoms with Crippen molar-refractivity contribution in [1.29, 1.82) is 0 Å². The molecule has 2 amide bonds. The van der Waals surface area contributed by atoms with Gasteiger partial charge in [0.25, 0.3) is 11.8 Å². The Kier molecular flexibility index (Phi) is 3.83. The lowest BCUT2D eigenvalue weighted by Crippen LogP contribution is -2.31. The van der Waals surface area contributed by atoms with Gasteiger partial charge in [0.1, 0.15) is 6.26 Å². The molecule has 2 aromatic rings. The first-order valence-corrected chi connectivity index (χ1v) is 6.09. The predicted octanol–water partition coefficient (Wildman–Crippen LogP) is 0.911. The van der Waals surface area contributed by atoms with Crippen LogP contribution < -0.4 is 5.73 Å². The molecule has 2 heterocycles. The van der Waals surface area contributed by atoms with Crippen molar-refractivity contribution in [2.75, 3.05) is 13.1 Å². The van der Waals surface area contributed by atoms with Crippen molar-refractivity contribution in [3.05, 3.63) is 23.7 Å². The summed E-state index contributed by atoms with van der Waals surface area (Å²) in [5, 5.41) is 7.21. The van der Waals surface area contributed by atoms with Crippen molar-refractivity contribution in [3.8, 4) is 11.3 Å². The third-order valence-electron chi connectivity index (χ3n) is 2.85. The van der Waals surface area contributed by atoms with Gasteiger partial charge in [-0.25, -0.2) is 0 Å². The first-order valence-electron chi connectivity index (χ1n) is 6.09. The SMILES string of the molecule is CCN(CC)C(=O)c1nocc1-c1cc(C(N)=O)no1. The maximum Gasteiger partial charge on any atom is 0.276 e. The number of carbonyl (C=O) groups excluding carboxylic acids is 2. The smallest absolute Gasteiger partial charge is 0.276 e. The van der Waals surface area contributed by atoms with Crippen molar-refractivity contribution < 1.29 is 18.6 Å². The lowest BCUT2D eigenvalue weighted by molar-refractivity contribution is 0.0762. The zero-order chi connectivity index (χ0) is 14.7. The molecule has 0 aliphatic rings. The van der Waals surface area contributed by atoms with E-state index in [9.17, 15) is 9.59 Å². The van der Waals surface area contributed by atoms with E-state index in [0.717, 1.165) is 0 Å². The molecule has 0 aromatic carbocycles. The Bertz CT molecular complexity index is 627. The van der Waals surface area contributed by atoms with Gasteiger partial charge in [-0.2, -0.15) is 0 Å². The summed E-state index contributed by atoms with van der Waals surface area (Å²) >= 11 is 0. The Hall–Kier alpha value is -2.64. The van der Waals surface area contributed by atoms with Crippen molar-refractivity contribution in [2.24, 2.45) is 5.73 Å². The van der Waals surface area contributed by atoms with Gasteiger partial charge in [0, 0.05) is 19.2 Å². The van der Waals surface area contributed by atoms with Crippen LogP contribution >= 0.6 is 0 Å². The first-order chi connectivity index (χ1) is 9.58. The quantitative estimate of drug-likeness (QED) is 0.869. The Balaban J connectivity index is 2.37. The summed E-state index contributed by atoms with van der Waals surface area (Å²) in [6, 6.07) is 1.34. The predicted molar refractivity (Wildman–Crippen MR) is 67.8 cm³/mol. The lowest BCUT2D eigenvalue weighted by atomic mass is 10.1. The molecule has 0 aliphatic heterocycles. The molecule has 0 saturated heterocycles. The van der Waals surface area contributed by atoms with Crippen LogP contribution in [0.5, 0.6) is 0 Å². The molecule has 0 spiro atoms. The number of nitrogens with zero attached hydrogens (tertiary/aromatic N) is 3. The second-order valence-corrected chi connectivity index (χ2v) is 3.99. The Morgan fingerprint density at radius 1 is 1.30 bits per heavy atom. The van der Waals surface area contributed by atoms with Crippen molar-refractivity contribution in [1.82, 2.24) is 15.2 Å². The summed E-state index contributed by atoms with van der Waals surface area (Å²) in [4.78, 5) is 24.8. The molecule has 2 N–H and O–H groups in total. The fourth-order valence-corrected chi connectivity index (χ4v) is 1.74. The largest absolute Gasteiger partial charge is 0.364 e. The van der Waals surface area contributed by atoms with Gasteiger partial charge in [0.15, 0.2) is 17.1 Å². The van der Waals surface area contributed by atoms with Crippen LogP contribution in [0.1, 0.15) is 34.8 Å². The maximum atomic E-state index is 12.3. The Morgan fingerprint density at radius 3 is 2.55 bits per heavy atom. The van der Waals surface area contributed by atoms with Gasteiger partial charge in [-0.3, -0.25) is 9.59 Å². The molecule has 0 fully saturated rings. The van der Waals surface area contributed by atoms with E-state index in [1.165, 1.54) is 12.3 Å². The number of amides is 2. The zero-order valence-corrected chi connectivity index (χ0v) is 11.1. The average molecular weight is 278 g/mol. The van der Waals surface area contributed by atoms with E-state index in [4.69, 9.17) is 14.8 Å². The third kappa shape index (κ3) is 2.40. The standard InChI is InChI=1S/C12H14N4O4/c1-3-16(4-2)12(18)10-7(6-19-15-10)9-5-8(11(13)17)14-20-9/h5-6H,3-4H2,1-2H3,(H2,13,17). The highest BCUT2D eigenvalue weighted by Crippen LogP contribution is 2.24. The van der Waals surface area contributed by atoms with E-state index < -0.39 is 5.91 Å². The van der Waals surface area contributed by atoms with Crippen LogP contribution in [0.2, 0.25) is 0 Å². The minimum absolute atomic E-state index is 0.0255. The maximum absolute atomic E-state index is 12.3. The fourth-order valence-electron chi connectivity index (χ4n) is 1.74. The summed E-state index contributed by atoms with van der Waals surface area (Å²) < 4.78 is 9.82. The molecule has 106 valence electrons. The summed E-state index contributed by atoms with van der Waals surface area (Å²) in [6.07, 6.45) is 1.27. The van der Waals surface area contributed by atoms with E-state index in [1.807, 2.05) is 13.8 Å². The molecule has 8 nitrogen and oxygen atoms in total. The number of rotatable bonds is 5. The monoisotopic (exact) mass is 278 g/mol. The highest BCUT2D eigenvalue weighted by atomic mass is 16.5. The normalized spacial score (nSPS) is 10.5. The van der Waals surface area contributed by atoms with E-state index in [1.54, 1.807) is 4.90 Å². The minimum atomic E-state index is -0.715. The number of primary amides is 1. The number of carbonyl (C=O) groups is 2. The highest BCUT2D eigenvalue weighted by Gasteiger charge is 2.24. The number of aromatic nitrogens is 2. The summed E-state index contributed by atoms with van der Waals surface area (Å²) in [7, 11) is 0. The van der Waals surface area contributed by atoms with Gasteiger partial charge < -0.3 is 19.7 Å². The summed E-state index contributed by atoms with van der Waals surface area (Å²) in [6.45, 7) is 4.82. The van der Waals surface area contributed by atoms with E-state index in [2.05, 4.69) is 10.3 Å². The highest BCUT2D eigenvalue weighted by molar-refractivity contribution is 5.98. The molecule has 20 heavy (non-hydrogen) atoms. The van der Waals surface area contributed by atoms with Gasteiger partial charge in [0.2, 0.25) is 0 Å². The van der Waals surface area contributed by atoms with Gasteiger partial charge in [-0.05, 0) is 13.8 Å². The molecule has 0 atom stereocenters. The average Bonchev–Trinajstić information content (AvgIpc) is 3.08. The molecule has 0 unspecified atom stereocenters. The van der Waals surface area contributed by atoms with Crippen molar-refractivity contribution in [3.63, 3.8) is 0 Å². The zero-order valence-electron chi connectivity index (χ0n) is 11.1. The van der Waals surface area contributed by atoms with Crippen molar-refractivity contribution in [2.45, 2.75) is 13.8 Å². The van der Waals surface area contributed by atoms with Gasteiger partial charge >= 0.3 is 0 Å². The van der Waals surface area contributed by atoms with E-state index in [-0.39, 0.29) is 23.1 Å². The molecule has 0 radical (unpaired) electrons. The van der Waals surface area contributed by atoms with Gasteiger partial charge in [-0.1, -0.05) is 10.3 Å². The van der Waals surface area contributed by atoms with Crippen LogP contribution in [0.4, 0.5) is 0 Å². The summed E-state index contributed by atoms with van der Waals surface area (Å²) in [5.74, 6) is -0.792. The molecule has 2 rings (SSSR count). The van der Waals surface area contributed by atoms with Gasteiger partial charge in [0.05, 0.1) is 5.56 Å². The van der Waals surface area contributed by atoms with Gasteiger partial charge in [-0.15, -0.1) is 0 Å².